The fourth-order valence-electron chi connectivity index (χ4n) is 1.91. The van der Waals surface area contributed by atoms with Gasteiger partial charge in [0.05, 0.1) is 11.9 Å². The Labute approximate surface area is 114 Å². The molecule has 0 fully saturated rings. The first kappa shape index (κ1) is 12.2. The molecule has 0 saturated carbocycles. The predicted molar refractivity (Wildman–Crippen MR) is 73.2 cm³/mol. The van der Waals surface area contributed by atoms with E-state index in [2.05, 4.69) is 20.5 Å². The van der Waals surface area contributed by atoms with Crippen molar-refractivity contribution in [1.82, 2.24) is 15.2 Å². The number of hydrogen-bond donors (Lipinski definition) is 2. The highest BCUT2D eigenvalue weighted by Crippen LogP contribution is 2.24. The number of nitrogens with one attached hydrogen (secondary N) is 2. The van der Waals surface area contributed by atoms with Crippen molar-refractivity contribution in [1.29, 1.82) is 0 Å². The van der Waals surface area contributed by atoms with E-state index in [0.717, 1.165) is 11.1 Å². The Balaban J connectivity index is 1.92. The van der Waals surface area contributed by atoms with Gasteiger partial charge in [-0.1, -0.05) is 23.8 Å². The first-order valence-electron chi connectivity index (χ1n) is 6.04. The molecule has 0 aliphatic rings. The molecular formula is C14H12N4O2. The zero-order chi connectivity index (χ0) is 13.9. The summed E-state index contributed by atoms with van der Waals surface area (Å²) in [6.45, 7) is 1.98. The van der Waals surface area contributed by atoms with E-state index < -0.39 is 0 Å². The van der Waals surface area contributed by atoms with Crippen LogP contribution in [0.3, 0.4) is 0 Å². The lowest BCUT2D eigenvalue weighted by Gasteiger charge is -2.03. The molecule has 2 aromatic heterocycles. The Bertz CT molecular complexity index is 731. The predicted octanol–water partition coefficient (Wildman–Crippen LogP) is 2.63. The van der Waals surface area contributed by atoms with Gasteiger partial charge in [-0.15, -0.1) is 0 Å². The van der Waals surface area contributed by atoms with Gasteiger partial charge in [0.25, 0.3) is 5.91 Å². The molecule has 0 bridgehead atoms. The zero-order valence-corrected chi connectivity index (χ0v) is 10.8. The van der Waals surface area contributed by atoms with Crippen LogP contribution in [0.2, 0.25) is 0 Å². The number of carbonyl (C=O) groups excluding carboxylic acids is 1. The van der Waals surface area contributed by atoms with Crippen LogP contribution in [0.1, 0.15) is 16.1 Å². The van der Waals surface area contributed by atoms with Crippen LogP contribution in [0.15, 0.2) is 47.5 Å². The number of aromatic nitrogens is 3. The van der Waals surface area contributed by atoms with Crippen LogP contribution in [-0.4, -0.2) is 21.1 Å². The van der Waals surface area contributed by atoms with Crippen LogP contribution < -0.4 is 5.32 Å². The number of oxazole rings is 1. The van der Waals surface area contributed by atoms with Crippen molar-refractivity contribution in [3.8, 4) is 11.3 Å². The Kier molecular flexibility index (Phi) is 3.04. The van der Waals surface area contributed by atoms with Gasteiger partial charge in [0.15, 0.2) is 17.8 Å². The fraction of sp³-hybridized carbons (Fsp3) is 0.0714. The van der Waals surface area contributed by atoms with Crippen LogP contribution in [0.5, 0.6) is 0 Å². The van der Waals surface area contributed by atoms with Crippen LogP contribution in [-0.2, 0) is 0 Å². The Morgan fingerprint density at radius 3 is 3.05 bits per heavy atom. The van der Waals surface area contributed by atoms with E-state index in [9.17, 15) is 4.79 Å². The largest absolute Gasteiger partial charge is 0.443 e. The highest BCUT2D eigenvalue weighted by atomic mass is 16.3. The molecule has 2 N–H and O–H groups in total. The minimum atomic E-state index is -0.336. The van der Waals surface area contributed by atoms with Gasteiger partial charge in [0.1, 0.15) is 0 Å². The number of carbonyl (C=O) groups is 1. The molecule has 0 aliphatic carbocycles. The molecule has 2 heterocycles. The van der Waals surface area contributed by atoms with Crippen molar-refractivity contribution >= 4 is 11.6 Å². The van der Waals surface area contributed by atoms with Crippen molar-refractivity contribution in [3.63, 3.8) is 0 Å². The average molecular weight is 268 g/mol. The number of aryl methyl sites for hydroxylation is 1. The summed E-state index contributed by atoms with van der Waals surface area (Å²) in [7, 11) is 0. The Hall–Kier alpha value is -2.89. The highest BCUT2D eigenvalue weighted by molar-refractivity contribution is 6.06. The molecule has 6 nitrogen and oxygen atoms in total. The molecule has 0 unspecified atom stereocenters. The first-order chi connectivity index (χ1) is 9.74. The monoisotopic (exact) mass is 268 g/mol. The number of rotatable bonds is 3. The molecule has 0 radical (unpaired) electrons. The van der Waals surface area contributed by atoms with Gasteiger partial charge >= 0.3 is 0 Å². The van der Waals surface area contributed by atoms with E-state index in [0.29, 0.717) is 11.4 Å². The van der Waals surface area contributed by atoms with E-state index in [1.807, 2.05) is 31.2 Å². The van der Waals surface area contributed by atoms with E-state index in [-0.39, 0.29) is 11.6 Å². The van der Waals surface area contributed by atoms with Gasteiger partial charge in [0.2, 0.25) is 0 Å². The summed E-state index contributed by atoms with van der Waals surface area (Å²) in [4.78, 5) is 16.2. The van der Waals surface area contributed by atoms with Crippen molar-refractivity contribution in [2.75, 3.05) is 5.32 Å². The van der Waals surface area contributed by atoms with Crippen LogP contribution in [0.25, 0.3) is 11.3 Å². The van der Waals surface area contributed by atoms with Crippen LogP contribution in [0.4, 0.5) is 5.69 Å². The molecule has 0 atom stereocenters. The van der Waals surface area contributed by atoms with Crippen molar-refractivity contribution in [3.05, 3.63) is 54.3 Å². The quantitative estimate of drug-likeness (QED) is 0.764. The lowest BCUT2D eigenvalue weighted by Crippen LogP contribution is -2.12. The molecule has 20 heavy (non-hydrogen) atoms. The number of anilines is 1. The lowest BCUT2D eigenvalue weighted by atomic mass is 10.1. The Morgan fingerprint density at radius 2 is 2.30 bits per heavy atom. The maximum absolute atomic E-state index is 12.2. The SMILES string of the molecule is Cc1cccc(-c2ocnc2C(=O)Nc2cn[nH]c2)c1. The smallest absolute Gasteiger partial charge is 0.278 e. The van der Waals surface area contributed by atoms with Crippen LogP contribution in [0, 0.1) is 6.92 Å². The first-order valence-corrected chi connectivity index (χ1v) is 6.04. The number of H-pyrrole nitrogens is 1. The van der Waals surface area contributed by atoms with Crippen molar-refractivity contribution in [2.45, 2.75) is 6.92 Å². The maximum Gasteiger partial charge on any atom is 0.278 e. The van der Waals surface area contributed by atoms with E-state index >= 15 is 0 Å². The summed E-state index contributed by atoms with van der Waals surface area (Å²) in [5, 5.41) is 9.08. The van der Waals surface area contributed by atoms with Gasteiger partial charge in [-0.05, 0) is 13.0 Å². The number of hydrogen-bond acceptors (Lipinski definition) is 4. The topological polar surface area (TPSA) is 83.8 Å². The number of nitrogens with zero attached hydrogens (tertiary/aromatic N) is 2. The minimum absolute atomic E-state index is 0.247. The van der Waals surface area contributed by atoms with Gasteiger partial charge in [0, 0.05) is 11.8 Å². The second kappa shape index (κ2) is 5.00. The summed E-state index contributed by atoms with van der Waals surface area (Å²) < 4.78 is 5.35. The second-order valence-electron chi connectivity index (χ2n) is 4.34. The van der Waals surface area contributed by atoms with E-state index in [1.54, 1.807) is 6.20 Å². The molecule has 1 aromatic carbocycles. The summed E-state index contributed by atoms with van der Waals surface area (Å²) in [5.74, 6) is 0.117. The third-order valence-electron chi connectivity index (χ3n) is 2.82. The van der Waals surface area contributed by atoms with Crippen molar-refractivity contribution < 1.29 is 9.21 Å². The zero-order valence-electron chi connectivity index (χ0n) is 10.8. The standard InChI is InChI=1S/C14H12N4O2/c1-9-3-2-4-10(5-9)13-12(15-8-20-13)14(19)18-11-6-16-17-7-11/h2-8H,1H3,(H,16,17)(H,18,19). The molecule has 3 rings (SSSR count). The lowest BCUT2D eigenvalue weighted by molar-refractivity contribution is 0.102. The third kappa shape index (κ3) is 2.31. The molecule has 3 aromatic rings. The molecule has 0 spiro atoms. The summed E-state index contributed by atoms with van der Waals surface area (Å²) in [5.41, 5.74) is 2.73. The summed E-state index contributed by atoms with van der Waals surface area (Å²) in [6.07, 6.45) is 4.37. The average Bonchev–Trinajstić information content (AvgIpc) is 3.09. The normalized spacial score (nSPS) is 10.4. The second-order valence-corrected chi connectivity index (χ2v) is 4.34. The summed E-state index contributed by atoms with van der Waals surface area (Å²) >= 11 is 0. The fourth-order valence-corrected chi connectivity index (χ4v) is 1.91. The third-order valence-corrected chi connectivity index (χ3v) is 2.82. The number of aromatic amines is 1. The van der Waals surface area contributed by atoms with E-state index in [4.69, 9.17) is 4.42 Å². The molecule has 6 heteroatoms. The van der Waals surface area contributed by atoms with Gasteiger partial charge in [-0.25, -0.2) is 4.98 Å². The highest BCUT2D eigenvalue weighted by Gasteiger charge is 2.18. The molecular weight excluding hydrogens is 256 g/mol. The van der Waals surface area contributed by atoms with Crippen LogP contribution >= 0.6 is 0 Å². The minimum Gasteiger partial charge on any atom is -0.443 e. The number of amides is 1. The maximum atomic E-state index is 12.2. The van der Waals surface area contributed by atoms with E-state index in [1.165, 1.54) is 12.6 Å². The number of benzene rings is 1. The Morgan fingerprint density at radius 1 is 1.40 bits per heavy atom. The van der Waals surface area contributed by atoms with Gasteiger partial charge in [-0.2, -0.15) is 5.10 Å². The molecule has 0 aliphatic heterocycles. The van der Waals surface area contributed by atoms with Crippen molar-refractivity contribution in [2.24, 2.45) is 0 Å². The molecule has 1 amide bonds. The molecule has 0 saturated heterocycles. The molecule has 100 valence electrons. The van der Waals surface area contributed by atoms with Gasteiger partial charge in [-0.3, -0.25) is 9.89 Å². The van der Waals surface area contributed by atoms with Gasteiger partial charge < -0.3 is 9.73 Å². The summed E-state index contributed by atoms with van der Waals surface area (Å²) in [6, 6.07) is 7.70.